The van der Waals surface area contributed by atoms with E-state index in [1.807, 2.05) is 6.07 Å². The zero-order valence-electron chi connectivity index (χ0n) is 14.5. The summed E-state index contributed by atoms with van der Waals surface area (Å²) in [6.07, 6.45) is 1.45. The van der Waals surface area contributed by atoms with Crippen molar-refractivity contribution in [3.8, 4) is 17.6 Å². The van der Waals surface area contributed by atoms with Gasteiger partial charge in [-0.25, -0.2) is 9.18 Å². The minimum absolute atomic E-state index is 0.0427. The summed E-state index contributed by atoms with van der Waals surface area (Å²) in [5.74, 6) is -0.521. The first-order chi connectivity index (χ1) is 14.0. The fourth-order valence-electron chi connectivity index (χ4n) is 2.83. The van der Waals surface area contributed by atoms with E-state index in [4.69, 9.17) is 21.6 Å². The fourth-order valence-corrected chi connectivity index (χ4v) is 3.44. The van der Waals surface area contributed by atoms with E-state index in [1.54, 1.807) is 18.2 Å². The maximum atomic E-state index is 15.2. The molecule has 0 unspecified atom stereocenters. The van der Waals surface area contributed by atoms with Crippen LogP contribution in [0.3, 0.4) is 0 Å². The van der Waals surface area contributed by atoms with Crippen LogP contribution in [0, 0.1) is 17.1 Å². The quantitative estimate of drug-likeness (QED) is 0.473. The van der Waals surface area contributed by atoms with Crippen molar-refractivity contribution >= 4 is 38.7 Å². The summed E-state index contributed by atoms with van der Waals surface area (Å²) in [7, 11) is 0. The predicted molar refractivity (Wildman–Crippen MR) is 108 cm³/mol. The van der Waals surface area contributed by atoms with Crippen molar-refractivity contribution in [1.82, 2.24) is 19.7 Å². The largest absolute Gasteiger partial charge is 0.453 e. The predicted octanol–water partition coefficient (Wildman–Crippen LogP) is 4.39. The van der Waals surface area contributed by atoms with Gasteiger partial charge in [-0.05, 0) is 46.3 Å². The molecule has 0 spiro atoms. The number of imidazole rings is 1. The summed E-state index contributed by atoms with van der Waals surface area (Å²) in [5.41, 5.74) is 0.897. The van der Waals surface area contributed by atoms with Crippen molar-refractivity contribution in [2.24, 2.45) is 0 Å². The molecule has 0 bridgehead atoms. The number of aromatic nitrogens is 4. The third-order valence-corrected chi connectivity index (χ3v) is 4.98. The number of aromatic amines is 1. The number of nitrogens with zero attached hydrogens (tertiary/aromatic N) is 4. The molecule has 0 atom stereocenters. The second-order valence-corrected chi connectivity index (χ2v) is 7.31. The third kappa shape index (κ3) is 3.72. The molecule has 29 heavy (non-hydrogen) atoms. The minimum Gasteiger partial charge on any atom is -0.453 e. The van der Waals surface area contributed by atoms with E-state index >= 15 is 4.39 Å². The molecule has 2 aromatic carbocycles. The Kier molecular flexibility index (Phi) is 5.05. The number of rotatable bonds is 4. The van der Waals surface area contributed by atoms with E-state index in [0.717, 1.165) is 0 Å². The lowest BCUT2D eigenvalue weighted by Crippen LogP contribution is -2.18. The summed E-state index contributed by atoms with van der Waals surface area (Å²) in [6.45, 7) is -0.0427. The van der Waals surface area contributed by atoms with Crippen molar-refractivity contribution < 1.29 is 9.13 Å². The molecule has 4 rings (SSSR count). The lowest BCUT2D eigenvalue weighted by Gasteiger charge is -2.13. The fraction of sp³-hybridized carbons (Fsp3) is 0.0526. The number of fused-ring (bicyclic) bond motifs is 1. The Balaban J connectivity index is 1.74. The minimum atomic E-state index is -0.652. The van der Waals surface area contributed by atoms with Crippen LogP contribution in [0.15, 0.2) is 51.9 Å². The number of nitrogens with one attached hydrogen (secondary N) is 1. The molecule has 0 saturated carbocycles. The average molecular weight is 475 g/mol. The van der Waals surface area contributed by atoms with Crippen molar-refractivity contribution in [1.29, 1.82) is 5.26 Å². The van der Waals surface area contributed by atoms with Gasteiger partial charge < -0.3 is 4.74 Å². The summed E-state index contributed by atoms with van der Waals surface area (Å²) < 4.78 is 22.6. The van der Waals surface area contributed by atoms with Crippen molar-refractivity contribution in [3.63, 3.8) is 0 Å². The normalized spacial score (nSPS) is 10.8. The Labute approximate surface area is 176 Å². The van der Waals surface area contributed by atoms with Crippen LogP contribution in [-0.4, -0.2) is 19.7 Å². The van der Waals surface area contributed by atoms with Gasteiger partial charge in [0.2, 0.25) is 0 Å². The Hall–Kier alpha value is -3.22. The third-order valence-electron chi connectivity index (χ3n) is 4.14. The monoisotopic (exact) mass is 473 g/mol. The molecular formula is C19H10BrClFN5O2. The number of benzene rings is 2. The summed E-state index contributed by atoms with van der Waals surface area (Å²) >= 11 is 9.25. The highest BCUT2D eigenvalue weighted by atomic mass is 79.9. The second kappa shape index (κ2) is 7.66. The van der Waals surface area contributed by atoms with Gasteiger partial charge in [0.15, 0.2) is 17.2 Å². The molecule has 0 fully saturated rings. The van der Waals surface area contributed by atoms with Crippen LogP contribution in [0.2, 0.25) is 5.02 Å². The van der Waals surface area contributed by atoms with Crippen LogP contribution in [-0.2, 0) is 6.54 Å². The highest BCUT2D eigenvalue weighted by molar-refractivity contribution is 9.10. The SMILES string of the molecule is N#Cc1cc(Cl)cc(Oc2c(Br)ccc(Cn3c(=O)[nH]c4nnccc43)c2F)c1. The maximum absolute atomic E-state index is 15.2. The van der Waals surface area contributed by atoms with Crippen LogP contribution in [0.1, 0.15) is 11.1 Å². The van der Waals surface area contributed by atoms with Crippen LogP contribution >= 0.6 is 27.5 Å². The Morgan fingerprint density at radius 2 is 2.14 bits per heavy atom. The van der Waals surface area contributed by atoms with E-state index in [1.165, 1.54) is 29.0 Å². The van der Waals surface area contributed by atoms with Crippen molar-refractivity contribution in [2.45, 2.75) is 6.54 Å². The molecule has 2 aromatic heterocycles. The van der Waals surface area contributed by atoms with Crippen LogP contribution in [0.5, 0.6) is 11.5 Å². The van der Waals surface area contributed by atoms with Gasteiger partial charge >= 0.3 is 5.69 Å². The molecule has 4 aromatic rings. The first-order valence-corrected chi connectivity index (χ1v) is 9.39. The first-order valence-electron chi connectivity index (χ1n) is 8.22. The number of H-pyrrole nitrogens is 1. The highest BCUT2D eigenvalue weighted by Crippen LogP contribution is 2.35. The summed E-state index contributed by atoms with van der Waals surface area (Å²) in [6, 6.07) is 11.1. The molecule has 0 amide bonds. The number of hydrogen-bond acceptors (Lipinski definition) is 5. The van der Waals surface area contributed by atoms with Gasteiger partial charge in [0.25, 0.3) is 0 Å². The molecule has 0 aliphatic heterocycles. The topological polar surface area (TPSA) is 96.6 Å². The lowest BCUT2D eigenvalue weighted by molar-refractivity contribution is 0.434. The zero-order valence-corrected chi connectivity index (χ0v) is 16.8. The maximum Gasteiger partial charge on any atom is 0.328 e. The van der Waals surface area contributed by atoms with Gasteiger partial charge in [-0.1, -0.05) is 17.7 Å². The lowest BCUT2D eigenvalue weighted by atomic mass is 10.2. The van der Waals surface area contributed by atoms with Gasteiger partial charge in [0.05, 0.1) is 34.4 Å². The number of hydrogen-bond donors (Lipinski definition) is 1. The summed E-state index contributed by atoms with van der Waals surface area (Å²) in [5, 5.41) is 16.9. The smallest absolute Gasteiger partial charge is 0.328 e. The van der Waals surface area contributed by atoms with Crippen molar-refractivity contribution in [3.05, 3.63) is 79.5 Å². The van der Waals surface area contributed by atoms with Crippen LogP contribution < -0.4 is 10.4 Å². The molecular weight excluding hydrogens is 465 g/mol. The molecule has 0 aliphatic carbocycles. The first kappa shape index (κ1) is 19.1. The molecule has 7 nitrogen and oxygen atoms in total. The molecule has 0 saturated heterocycles. The van der Waals surface area contributed by atoms with Crippen LogP contribution in [0.25, 0.3) is 11.2 Å². The van der Waals surface area contributed by atoms with Gasteiger partial charge in [-0.3, -0.25) is 9.55 Å². The van der Waals surface area contributed by atoms with E-state index in [0.29, 0.717) is 15.6 Å². The van der Waals surface area contributed by atoms with E-state index in [-0.39, 0.29) is 34.2 Å². The van der Waals surface area contributed by atoms with Gasteiger partial charge in [-0.15, -0.1) is 5.10 Å². The highest BCUT2D eigenvalue weighted by Gasteiger charge is 2.17. The Morgan fingerprint density at radius 1 is 1.31 bits per heavy atom. The van der Waals surface area contributed by atoms with Crippen molar-refractivity contribution in [2.75, 3.05) is 0 Å². The van der Waals surface area contributed by atoms with E-state index < -0.39 is 11.5 Å². The summed E-state index contributed by atoms with van der Waals surface area (Å²) in [4.78, 5) is 14.8. The standard InChI is InChI=1S/C19H10BrClFN5O2/c20-14-2-1-11(9-27-15-3-4-24-26-18(15)25-19(27)28)16(22)17(14)29-13-6-10(8-23)5-12(21)7-13/h1-7H,9H2,(H,25,26,28). The number of nitriles is 1. The molecule has 144 valence electrons. The average Bonchev–Trinajstić information content (AvgIpc) is 3.02. The van der Waals surface area contributed by atoms with Crippen LogP contribution in [0.4, 0.5) is 4.39 Å². The molecule has 0 aliphatic rings. The molecule has 2 heterocycles. The molecule has 1 N–H and O–H groups in total. The Bertz CT molecular complexity index is 1340. The van der Waals surface area contributed by atoms with Gasteiger partial charge in [0, 0.05) is 10.6 Å². The number of halogens is 3. The van der Waals surface area contributed by atoms with Gasteiger partial charge in [0.1, 0.15) is 5.75 Å². The van der Waals surface area contributed by atoms with E-state index in [2.05, 4.69) is 31.1 Å². The molecule has 0 radical (unpaired) electrons. The van der Waals surface area contributed by atoms with Gasteiger partial charge in [-0.2, -0.15) is 10.4 Å². The van der Waals surface area contributed by atoms with E-state index in [9.17, 15) is 4.79 Å². The number of ether oxygens (including phenoxy) is 1. The Morgan fingerprint density at radius 3 is 2.93 bits per heavy atom. The molecule has 10 heteroatoms. The second-order valence-electron chi connectivity index (χ2n) is 6.02. The zero-order chi connectivity index (χ0) is 20.5.